The fourth-order valence-corrected chi connectivity index (χ4v) is 5.00. The molecule has 1 N–H and O–H groups in total. The summed E-state index contributed by atoms with van der Waals surface area (Å²) >= 11 is 0. The molecule has 5 rings (SSSR count). The molecular formula is C26H24F7N7O3. The summed E-state index contributed by atoms with van der Waals surface area (Å²) in [6, 6.07) is 5.02. The number of ether oxygens (including phenoxy) is 1. The van der Waals surface area contributed by atoms with Gasteiger partial charge in [-0.3, -0.25) is 14.5 Å². The fourth-order valence-electron chi connectivity index (χ4n) is 5.00. The van der Waals surface area contributed by atoms with Crippen molar-refractivity contribution in [3.8, 4) is 5.75 Å². The lowest BCUT2D eigenvalue weighted by Crippen LogP contribution is -2.51. The van der Waals surface area contributed by atoms with E-state index >= 15 is 0 Å². The zero-order valence-electron chi connectivity index (χ0n) is 22.2. The van der Waals surface area contributed by atoms with Gasteiger partial charge in [-0.25, -0.2) is 19.5 Å². The molecule has 2 atom stereocenters. The van der Waals surface area contributed by atoms with Crippen molar-refractivity contribution in [1.29, 1.82) is 0 Å². The number of hydrogen-bond acceptors (Lipinski definition) is 8. The van der Waals surface area contributed by atoms with E-state index in [1.54, 1.807) is 9.80 Å². The largest absolute Gasteiger partial charge is 0.489 e. The molecule has 4 heterocycles. The Balaban J connectivity index is 1.28. The lowest BCUT2D eigenvalue weighted by molar-refractivity contribution is -0.139. The monoisotopic (exact) mass is 615 g/mol. The van der Waals surface area contributed by atoms with Gasteiger partial charge < -0.3 is 14.5 Å². The smallest absolute Gasteiger partial charge is 0.421 e. The molecule has 0 aliphatic carbocycles. The van der Waals surface area contributed by atoms with Gasteiger partial charge in [0.05, 0.1) is 23.8 Å². The highest BCUT2D eigenvalue weighted by molar-refractivity contribution is 5.78. The zero-order chi connectivity index (χ0) is 30.9. The number of anilines is 1. The van der Waals surface area contributed by atoms with Crippen LogP contribution in [-0.4, -0.2) is 81.2 Å². The van der Waals surface area contributed by atoms with Gasteiger partial charge in [0.2, 0.25) is 11.9 Å². The van der Waals surface area contributed by atoms with Crippen LogP contribution in [0.15, 0.2) is 47.5 Å². The Labute approximate surface area is 239 Å². The lowest BCUT2D eigenvalue weighted by Gasteiger charge is -2.36. The highest BCUT2D eigenvalue weighted by Gasteiger charge is 2.40. The standard InChI is InChI=1S/C26H24F7N7O3/c27-16-1-3-17(4-2-16)43-18-9-21(20-10-19(26(31,32)33)23(42)37-36-20)40(13-18)14-22(41)38-5-7-39(8-6-38)24-34-11-15(12-35-24)25(28,29)30/h1-4,10-12,18,21H,5-9,13-14H2,(H,37,42). The average Bonchev–Trinajstić information content (AvgIpc) is 3.35. The molecule has 0 saturated carbocycles. The highest BCUT2D eigenvalue weighted by Crippen LogP contribution is 2.35. The van der Waals surface area contributed by atoms with Crippen LogP contribution in [0, 0.1) is 5.82 Å². The molecule has 2 unspecified atom stereocenters. The highest BCUT2D eigenvalue weighted by atomic mass is 19.4. The molecule has 43 heavy (non-hydrogen) atoms. The molecule has 17 heteroatoms. The maximum absolute atomic E-state index is 13.4. The minimum atomic E-state index is -4.93. The van der Waals surface area contributed by atoms with Crippen LogP contribution in [-0.2, 0) is 17.1 Å². The molecule has 1 amide bonds. The molecule has 2 aliphatic rings. The summed E-state index contributed by atoms with van der Waals surface area (Å²) in [5.74, 6) is -0.415. The first-order chi connectivity index (χ1) is 20.3. The van der Waals surface area contributed by atoms with E-state index in [1.165, 1.54) is 29.2 Å². The van der Waals surface area contributed by atoms with Crippen LogP contribution in [0.2, 0.25) is 0 Å². The van der Waals surface area contributed by atoms with Crippen molar-refractivity contribution in [3.63, 3.8) is 0 Å². The van der Waals surface area contributed by atoms with E-state index in [2.05, 4.69) is 15.1 Å². The Hall–Kier alpha value is -4.28. The normalized spacial score (nSPS) is 20.0. The molecule has 0 bridgehead atoms. The van der Waals surface area contributed by atoms with E-state index < -0.39 is 47.0 Å². The van der Waals surface area contributed by atoms with Gasteiger partial charge in [-0.05, 0) is 30.3 Å². The van der Waals surface area contributed by atoms with Crippen LogP contribution in [0.4, 0.5) is 36.7 Å². The van der Waals surface area contributed by atoms with Gasteiger partial charge in [0, 0.05) is 51.5 Å². The van der Waals surface area contributed by atoms with Crippen LogP contribution in [0.25, 0.3) is 0 Å². The van der Waals surface area contributed by atoms with Crippen LogP contribution in [0.3, 0.4) is 0 Å². The number of carbonyl (C=O) groups excluding carboxylic acids is 1. The van der Waals surface area contributed by atoms with Gasteiger partial charge in [0.1, 0.15) is 23.2 Å². The summed E-state index contributed by atoms with van der Waals surface area (Å²) in [5.41, 5.74) is -3.90. The molecule has 0 radical (unpaired) electrons. The molecule has 10 nitrogen and oxygen atoms in total. The number of nitrogens with one attached hydrogen (secondary N) is 1. The topological polar surface area (TPSA) is 108 Å². The first kappa shape index (κ1) is 30.2. The Morgan fingerprint density at radius 1 is 0.977 bits per heavy atom. The molecule has 1 aromatic carbocycles. The predicted molar refractivity (Wildman–Crippen MR) is 135 cm³/mol. The average molecular weight is 616 g/mol. The second-order valence-electron chi connectivity index (χ2n) is 10.0. The van der Waals surface area contributed by atoms with E-state index in [-0.39, 0.29) is 63.2 Å². The number of benzene rings is 1. The third-order valence-corrected chi connectivity index (χ3v) is 7.17. The molecule has 2 aliphatic heterocycles. The second kappa shape index (κ2) is 11.8. The number of nitrogens with zero attached hydrogens (tertiary/aromatic N) is 6. The van der Waals surface area contributed by atoms with Crippen molar-refractivity contribution < 1.29 is 40.3 Å². The number of carbonyl (C=O) groups is 1. The van der Waals surface area contributed by atoms with Gasteiger partial charge in [-0.1, -0.05) is 0 Å². The van der Waals surface area contributed by atoms with Crippen LogP contribution in [0.1, 0.15) is 29.3 Å². The van der Waals surface area contributed by atoms with Crippen molar-refractivity contribution in [1.82, 2.24) is 30.0 Å². The molecule has 3 aromatic rings. The number of H-pyrrole nitrogens is 1. The first-order valence-corrected chi connectivity index (χ1v) is 13.0. The Morgan fingerprint density at radius 3 is 2.23 bits per heavy atom. The summed E-state index contributed by atoms with van der Waals surface area (Å²) in [5, 5.41) is 5.70. The van der Waals surface area contributed by atoms with Crippen molar-refractivity contribution in [2.24, 2.45) is 0 Å². The Kier molecular flexibility index (Phi) is 8.27. The lowest BCUT2D eigenvalue weighted by atomic mass is 10.1. The van der Waals surface area contributed by atoms with Gasteiger partial charge in [0.15, 0.2) is 0 Å². The number of rotatable bonds is 6. The van der Waals surface area contributed by atoms with Crippen molar-refractivity contribution in [3.05, 3.63) is 75.7 Å². The van der Waals surface area contributed by atoms with Crippen LogP contribution < -0.4 is 15.2 Å². The number of aromatic amines is 1. The van der Waals surface area contributed by atoms with Crippen molar-refractivity contribution in [2.45, 2.75) is 30.9 Å². The number of piperazine rings is 1. The summed E-state index contributed by atoms with van der Waals surface area (Å²) in [6.45, 7) is 0.793. The van der Waals surface area contributed by atoms with E-state index in [0.29, 0.717) is 24.2 Å². The second-order valence-corrected chi connectivity index (χ2v) is 10.0. The number of alkyl halides is 6. The van der Waals surface area contributed by atoms with Gasteiger partial charge in [-0.2, -0.15) is 31.4 Å². The van der Waals surface area contributed by atoms with Crippen molar-refractivity contribution >= 4 is 11.9 Å². The third-order valence-electron chi connectivity index (χ3n) is 7.17. The number of halogens is 7. The quantitative estimate of drug-likeness (QED) is 0.422. The zero-order valence-corrected chi connectivity index (χ0v) is 22.2. The fraction of sp³-hybridized carbons (Fsp3) is 0.423. The first-order valence-electron chi connectivity index (χ1n) is 13.0. The predicted octanol–water partition coefficient (Wildman–Crippen LogP) is 3.28. The van der Waals surface area contributed by atoms with Gasteiger partial charge in [-0.15, -0.1) is 0 Å². The Morgan fingerprint density at radius 2 is 1.63 bits per heavy atom. The summed E-state index contributed by atoms with van der Waals surface area (Å²) in [4.78, 5) is 37.4. The van der Waals surface area contributed by atoms with Gasteiger partial charge in [0.25, 0.3) is 5.56 Å². The SMILES string of the molecule is O=C(CN1CC(Oc2ccc(F)cc2)CC1c1cc(C(F)(F)F)c(=O)[nH]n1)N1CCN(c2ncc(C(F)(F)F)cn2)CC1. The summed E-state index contributed by atoms with van der Waals surface area (Å²) in [7, 11) is 0. The third kappa shape index (κ3) is 7.03. The number of likely N-dealkylation sites (tertiary alicyclic amines) is 1. The summed E-state index contributed by atoms with van der Waals surface area (Å²) in [6.07, 6.45) is -8.59. The van der Waals surface area contributed by atoms with E-state index in [4.69, 9.17) is 4.74 Å². The molecule has 2 saturated heterocycles. The number of hydrogen-bond donors (Lipinski definition) is 1. The van der Waals surface area contributed by atoms with Crippen molar-refractivity contribution in [2.75, 3.05) is 44.2 Å². The van der Waals surface area contributed by atoms with E-state index in [0.717, 1.165) is 0 Å². The number of aromatic nitrogens is 4. The van der Waals surface area contributed by atoms with E-state index in [9.17, 15) is 40.3 Å². The Bertz CT molecular complexity index is 1490. The van der Waals surface area contributed by atoms with Gasteiger partial charge >= 0.3 is 12.4 Å². The maximum atomic E-state index is 13.4. The molecule has 2 aromatic heterocycles. The molecular weight excluding hydrogens is 591 g/mol. The van der Waals surface area contributed by atoms with E-state index in [1.807, 2.05) is 5.10 Å². The molecule has 0 spiro atoms. The van der Waals surface area contributed by atoms with Crippen LogP contribution in [0.5, 0.6) is 5.75 Å². The minimum Gasteiger partial charge on any atom is -0.489 e. The number of amides is 1. The molecule has 230 valence electrons. The molecule has 2 fully saturated rings. The minimum absolute atomic E-state index is 0.0881. The summed E-state index contributed by atoms with van der Waals surface area (Å²) < 4.78 is 98.0. The van der Waals surface area contributed by atoms with Crippen LogP contribution >= 0.6 is 0 Å². The maximum Gasteiger partial charge on any atom is 0.421 e.